The van der Waals surface area contributed by atoms with Crippen molar-refractivity contribution >= 4 is 17.5 Å². The molecular formula is C27H24N2O3. The topological polar surface area (TPSA) is 57.7 Å². The summed E-state index contributed by atoms with van der Waals surface area (Å²) in [6.07, 6.45) is 0.741. The molecule has 1 saturated heterocycles. The predicted octanol–water partition coefficient (Wildman–Crippen LogP) is 4.44. The normalized spacial score (nSPS) is 13.6. The van der Waals surface area contributed by atoms with Crippen LogP contribution in [0.25, 0.3) is 0 Å². The smallest absolute Gasteiger partial charge is 0.259 e. The SMILES string of the molecule is CN1CCCN(C(=O)c2ccccc2)C1=C(C(=O)c1ccccc1)C(=O)c1ccccc1. The van der Waals surface area contributed by atoms with E-state index in [2.05, 4.69) is 0 Å². The molecule has 3 aromatic rings. The number of nitrogens with zero attached hydrogens (tertiary/aromatic N) is 2. The molecule has 4 rings (SSSR count). The molecule has 1 heterocycles. The van der Waals surface area contributed by atoms with E-state index in [9.17, 15) is 14.4 Å². The predicted molar refractivity (Wildman–Crippen MR) is 123 cm³/mol. The summed E-state index contributed by atoms with van der Waals surface area (Å²) < 4.78 is 0. The minimum atomic E-state index is -0.394. The molecule has 5 heteroatoms. The van der Waals surface area contributed by atoms with E-state index in [4.69, 9.17) is 0 Å². The Morgan fingerprint density at radius 3 is 1.53 bits per heavy atom. The van der Waals surface area contributed by atoms with Gasteiger partial charge in [0.2, 0.25) is 11.6 Å². The van der Waals surface area contributed by atoms with Crippen molar-refractivity contribution in [2.75, 3.05) is 20.1 Å². The van der Waals surface area contributed by atoms with Gasteiger partial charge in [-0.25, -0.2) is 0 Å². The molecule has 0 unspecified atom stereocenters. The quantitative estimate of drug-likeness (QED) is 0.263. The molecule has 0 saturated carbocycles. The van der Waals surface area contributed by atoms with Crippen LogP contribution in [0, 0.1) is 0 Å². The maximum absolute atomic E-state index is 13.7. The Kier molecular flexibility index (Phi) is 6.26. The van der Waals surface area contributed by atoms with E-state index >= 15 is 0 Å². The molecule has 0 radical (unpaired) electrons. The van der Waals surface area contributed by atoms with Gasteiger partial charge in [0.05, 0.1) is 0 Å². The van der Waals surface area contributed by atoms with Crippen LogP contribution in [0.4, 0.5) is 0 Å². The van der Waals surface area contributed by atoms with E-state index in [-0.39, 0.29) is 11.5 Å². The lowest BCUT2D eigenvalue weighted by atomic mass is 9.94. The molecule has 1 fully saturated rings. The minimum absolute atomic E-state index is 0.00822. The summed E-state index contributed by atoms with van der Waals surface area (Å²) in [7, 11) is 1.82. The van der Waals surface area contributed by atoms with E-state index in [1.165, 1.54) is 0 Å². The highest BCUT2D eigenvalue weighted by Gasteiger charge is 2.35. The van der Waals surface area contributed by atoms with Crippen molar-refractivity contribution in [3.63, 3.8) is 0 Å². The lowest BCUT2D eigenvalue weighted by Gasteiger charge is -2.38. The first kappa shape index (κ1) is 21.2. The maximum Gasteiger partial charge on any atom is 0.259 e. The van der Waals surface area contributed by atoms with Crippen LogP contribution in [0.5, 0.6) is 0 Å². The number of hydrogen-bond acceptors (Lipinski definition) is 4. The summed E-state index contributed by atoms with van der Waals surface area (Å²) in [5, 5.41) is 0. The number of carbonyl (C=O) groups excluding carboxylic acids is 3. The van der Waals surface area contributed by atoms with Gasteiger partial charge in [0.15, 0.2) is 0 Å². The Morgan fingerprint density at radius 2 is 1.06 bits per heavy atom. The number of rotatable bonds is 5. The van der Waals surface area contributed by atoms with Crippen LogP contribution in [0.3, 0.4) is 0 Å². The van der Waals surface area contributed by atoms with E-state index in [0.29, 0.717) is 35.6 Å². The fourth-order valence-electron chi connectivity index (χ4n) is 3.92. The zero-order chi connectivity index (χ0) is 22.5. The van der Waals surface area contributed by atoms with Gasteiger partial charge in [-0.2, -0.15) is 0 Å². The van der Waals surface area contributed by atoms with E-state index in [1.807, 2.05) is 30.1 Å². The molecular weight excluding hydrogens is 400 g/mol. The summed E-state index contributed by atoms with van der Waals surface area (Å²) >= 11 is 0. The Labute approximate surface area is 187 Å². The van der Waals surface area contributed by atoms with Crippen molar-refractivity contribution < 1.29 is 14.4 Å². The van der Waals surface area contributed by atoms with Gasteiger partial charge in [0, 0.05) is 36.8 Å². The van der Waals surface area contributed by atoms with Crippen molar-refractivity contribution in [2.45, 2.75) is 6.42 Å². The van der Waals surface area contributed by atoms with Gasteiger partial charge in [-0.15, -0.1) is 0 Å². The third-order valence-corrected chi connectivity index (χ3v) is 5.51. The standard InChI is InChI=1S/C27H24N2O3/c1-28-18-11-19-29(27(32)22-16-9-4-10-17-22)26(28)23(24(30)20-12-5-2-6-13-20)25(31)21-14-7-3-8-15-21/h2-10,12-17H,11,18-19H2,1H3. The molecule has 0 spiro atoms. The van der Waals surface area contributed by atoms with Gasteiger partial charge in [0.1, 0.15) is 11.4 Å². The highest BCUT2D eigenvalue weighted by molar-refractivity contribution is 6.31. The van der Waals surface area contributed by atoms with Crippen LogP contribution in [0.15, 0.2) is 102 Å². The third-order valence-electron chi connectivity index (χ3n) is 5.51. The third kappa shape index (κ3) is 4.23. The molecule has 0 aromatic heterocycles. The van der Waals surface area contributed by atoms with Gasteiger partial charge in [-0.1, -0.05) is 78.9 Å². The Balaban J connectivity index is 1.90. The summed E-state index contributed by atoms with van der Waals surface area (Å²) in [5.74, 6) is -0.665. The molecule has 5 nitrogen and oxygen atoms in total. The highest BCUT2D eigenvalue weighted by Crippen LogP contribution is 2.27. The Bertz CT molecular complexity index is 1100. The van der Waals surface area contributed by atoms with Crippen LogP contribution in [0.2, 0.25) is 0 Å². The van der Waals surface area contributed by atoms with Crippen molar-refractivity contribution in [2.24, 2.45) is 0 Å². The number of amides is 1. The van der Waals surface area contributed by atoms with Crippen LogP contribution in [-0.4, -0.2) is 47.4 Å². The van der Waals surface area contributed by atoms with E-state index in [1.54, 1.807) is 77.7 Å². The van der Waals surface area contributed by atoms with E-state index < -0.39 is 11.6 Å². The zero-order valence-electron chi connectivity index (χ0n) is 17.9. The van der Waals surface area contributed by atoms with Crippen molar-refractivity contribution in [1.82, 2.24) is 9.80 Å². The lowest BCUT2D eigenvalue weighted by Crippen LogP contribution is -2.46. The highest BCUT2D eigenvalue weighted by atomic mass is 16.2. The first-order valence-corrected chi connectivity index (χ1v) is 10.6. The number of carbonyl (C=O) groups is 3. The molecule has 1 amide bonds. The average Bonchev–Trinajstić information content (AvgIpc) is 2.86. The molecule has 1 aliphatic rings. The number of allylic oxidation sites excluding steroid dienone is 1. The number of benzene rings is 3. The molecule has 160 valence electrons. The largest absolute Gasteiger partial charge is 0.360 e. The van der Waals surface area contributed by atoms with Crippen molar-refractivity contribution in [1.29, 1.82) is 0 Å². The van der Waals surface area contributed by atoms with Crippen molar-refractivity contribution in [3.05, 3.63) is 119 Å². The second kappa shape index (κ2) is 9.43. The second-order valence-electron chi connectivity index (χ2n) is 7.69. The van der Waals surface area contributed by atoms with Gasteiger partial charge in [0.25, 0.3) is 5.91 Å². The van der Waals surface area contributed by atoms with Crippen LogP contribution >= 0.6 is 0 Å². The number of Topliss-reactive ketones (excluding diaryl/α,β-unsaturated/α-hetero) is 2. The van der Waals surface area contributed by atoms with Gasteiger partial charge in [-0.05, 0) is 18.6 Å². The first-order chi connectivity index (χ1) is 15.6. The average molecular weight is 425 g/mol. The van der Waals surface area contributed by atoms with Gasteiger partial charge >= 0.3 is 0 Å². The summed E-state index contributed by atoms with van der Waals surface area (Å²) in [6.45, 7) is 1.07. The zero-order valence-corrected chi connectivity index (χ0v) is 17.9. The first-order valence-electron chi connectivity index (χ1n) is 10.6. The Morgan fingerprint density at radius 1 is 0.625 bits per heavy atom. The molecule has 0 aliphatic carbocycles. The molecule has 0 atom stereocenters. The molecule has 1 aliphatic heterocycles. The van der Waals surface area contributed by atoms with Gasteiger partial charge in [-0.3, -0.25) is 19.3 Å². The molecule has 0 bridgehead atoms. The molecule has 32 heavy (non-hydrogen) atoms. The monoisotopic (exact) mass is 424 g/mol. The minimum Gasteiger partial charge on any atom is -0.360 e. The molecule has 3 aromatic carbocycles. The van der Waals surface area contributed by atoms with Crippen LogP contribution in [-0.2, 0) is 0 Å². The lowest BCUT2D eigenvalue weighted by molar-refractivity contribution is 0.0698. The fourth-order valence-corrected chi connectivity index (χ4v) is 3.92. The Hall–Kier alpha value is -3.99. The maximum atomic E-state index is 13.7. The summed E-state index contributed by atoms with van der Waals surface area (Å²) in [5.41, 5.74) is 1.34. The second-order valence-corrected chi connectivity index (χ2v) is 7.69. The van der Waals surface area contributed by atoms with Crippen LogP contribution < -0.4 is 0 Å². The summed E-state index contributed by atoms with van der Waals surface area (Å²) in [4.78, 5) is 44.2. The van der Waals surface area contributed by atoms with E-state index in [0.717, 1.165) is 6.42 Å². The van der Waals surface area contributed by atoms with Crippen LogP contribution in [0.1, 0.15) is 37.5 Å². The van der Waals surface area contributed by atoms with Gasteiger partial charge < -0.3 is 4.90 Å². The molecule has 0 N–H and O–H groups in total. The number of ketones is 2. The van der Waals surface area contributed by atoms with Crippen molar-refractivity contribution in [3.8, 4) is 0 Å². The fraction of sp³-hybridized carbons (Fsp3) is 0.148. The summed E-state index contributed by atoms with van der Waals surface area (Å²) in [6, 6.07) is 26.4. The number of hydrogen-bond donors (Lipinski definition) is 0.